The fourth-order valence-electron chi connectivity index (χ4n) is 2.76. The second-order valence-electron chi connectivity index (χ2n) is 7.78. The molecule has 2 atom stereocenters. The van der Waals surface area contributed by atoms with E-state index in [1.165, 1.54) is 13.8 Å². The van der Waals surface area contributed by atoms with E-state index in [1.807, 2.05) is 0 Å². The molecule has 182 valence electrons. The minimum absolute atomic E-state index is 0.256. The van der Waals surface area contributed by atoms with Crippen molar-refractivity contribution in [2.75, 3.05) is 11.5 Å². The van der Waals surface area contributed by atoms with Gasteiger partial charge in [-0.3, -0.25) is 0 Å². The van der Waals surface area contributed by atoms with Gasteiger partial charge in [-0.15, -0.1) is 0 Å². The lowest BCUT2D eigenvalue weighted by atomic mass is 10.1. The van der Waals surface area contributed by atoms with Crippen LogP contribution in [0.2, 0.25) is 0 Å². The summed E-state index contributed by atoms with van der Waals surface area (Å²) in [4.78, 5) is 0. The van der Waals surface area contributed by atoms with Gasteiger partial charge < -0.3 is 0 Å². The first-order chi connectivity index (χ1) is 13.7. The predicted molar refractivity (Wildman–Crippen MR) is 122 cm³/mol. The van der Waals surface area contributed by atoms with Gasteiger partial charge >= 0.3 is 0 Å². The summed E-state index contributed by atoms with van der Waals surface area (Å²) in [7, 11) is -16.6. The monoisotopic (exact) mass is 510 g/mol. The Morgan fingerprint density at radius 2 is 0.700 bits per heavy atom. The molecule has 0 N–H and O–H groups in total. The Labute approximate surface area is 182 Å². The topological polar surface area (TPSA) is 137 Å². The van der Waals surface area contributed by atoms with Crippen LogP contribution in [0.15, 0.2) is 0 Å². The van der Waals surface area contributed by atoms with Crippen LogP contribution < -0.4 is 0 Å². The average Bonchev–Trinajstić information content (AvgIpc) is 2.67. The van der Waals surface area contributed by atoms with E-state index in [0.717, 1.165) is 25.7 Å². The van der Waals surface area contributed by atoms with Crippen molar-refractivity contribution in [1.82, 2.24) is 0 Å². The summed E-state index contributed by atoms with van der Waals surface area (Å²) in [5, 5.41) is -1.79. The first-order valence-electron chi connectivity index (χ1n) is 10.6. The third-order valence-corrected chi connectivity index (χ3v) is 18.2. The maximum atomic E-state index is 12.0. The molecule has 0 aromatic carbocycles. The Morgan fingerprint density at radius 3 is 0.933 bits per heavy atom. The minimum atomic E-state index is -4.15. The van der Waals surface area contributed by atoms with Crippen molar-refractivity contribution in [3.8, 4) is 0 Å². The highest BCUT2D eigenvalue weighted by Crippen LogP contribution is 2.18. The molecule has 12 heteroatoms. The molecular weight excluding hydrogens is 472 g/mol. The van der Waals surface area contributed by atoms with Crippen LogP contribution in [-0.2, 0) is 35.5 Å². The van der Waals surface area contributed by atoms with Gasteiger partial charge in [-0.05, 0) is 39.5 Å². The van der Waals surface area contributed by atoms with Crippen LogP contribution in [0.3, 0.4) is 0 Å². The Kier molecular flexibility index (Phi) is 12.7. The number of hydrogen-bond donors (Lipinski definition) is 0. The van der Waals surface area contributed by atoms with Crippen molar-refractivity contribution in [1.29, 1.82) is 0 Å². The molecule has 8 nitrogen and oxygen atoms in total. The maximum absolute atomic E-state index is 12.0. The van der Waals surface area contributed by atoms with Crippen molar-refractivity contribution < 1.29 is 33.7 Å². The average molecular weight is 511 g/mol. The van der Waals surface area contributed by atoms with Gasteiger partial charge in [0.05, 0.1) is 22.0 Å². The van der Waals surface area contributed by atoms with Crippen LogP contribution in [0.4, 0.5) is 0 Å². The number of hydrogen-bond acceptors (Lipinski definition) is 8. The molecule has 0 saturated carbocycles. The molecule has 0 heterocycles. The summed E-state index contributed by atoms with van der Waals surface area (Å²) in [6.45, 7) is 6.07. The van der Waals surface area contributed by atoms with Crippen molar-refractivity contribution in [2.45, 2.75) is 102 Å². The predicted octanol–water partition coefficient (Wildman–Crippen LogP) is 3.19. The number of unbranched alkanes of at least 4 members (excludes halogenated alkanes) is 7. The van der Waals surface area contributed by atoms with Crippen LogP contribution in [0, 0.1) is 0 Å². The fraction of sp³-hybridized carbons (Fsp3) is 1.00. The van der Waals surface area contributed by atoms with E-state index in [2.05, 4.69) is 0 Å². The molecule has 0 aliphatic heterocycles. The van der Waals surface area contributed by atoms with Crippen LogP contribution >= 0.6 is 0 Å². The van der Waals surface area contributed by atoms with Gasteiger partial charge in [0.2, 0.25) is 0 Å². The smallest absolute Gasteiger partial charge is 0.213 e. The van der Waals surface area contributed by atoms with Crippen LogP contribution in [0.1, 0.15) is 91.9 Å². The van der Waals surface area contributed by atoms with E-state index in [0.29, 0.717) is 25.7 Å². The Morgan fingerprint density at radius 1 is 0.467 bits per heavy atom. The van der Waals surface area contributed by atoms with Crippen molar-refractivity contribution >= 4 is 35.5 Å². The van der Waals surface area contributed by atoms with Gasteiger partial charge in [0.25, 0.3) is 35.5 Å². The van der Waals surface area contributed by atoms with Gasteiger partial charge in [-0.25, -0.2) is 33.7 Å². The molecule has 0 spiro atoms. The SMILES string of the molecule is CCC(C)S(=O)(=O)S(=O)(=O)CCCCCCCCCCS(=O)(=O)S(=O)(=O)C(C)CC. The van der Waals surface area contributed by atoms with E-state index < -0.39 is 46.0 Å². The van der Waals surface area contributed by atoms with Gasteiger partial charge in [0.15, 0.2) is 0 Å². The lowest BCUT2D eigenvalue weighted by Gasteiger charge is -2.11. The third kappa shape index (κ3) is 8.38. The molecule has 2 unspecified atom stereocenters. The molecule has 0 radical (unpaired) electrons. The highest BCUT2D eigenvalue weighted by molar-refractivity contribution is 8.67. The third-order valence-electron chi connectivity index (χ3n) is 5.38. The Bertz CT molecular complexity index is 839. The van der Waals surface area contributed by atoms with Crippen molar-refractivity contribution in [3.05, 3.63) is 0 Å². The van der Waals surface area contributed by atoms with E-state index in [4.69, 9.17) is 0 Å². The molecule has 0 aliphatic carbocycles. The van der Waals surface area contributed by atoms with E-state index in [1.54, 1.807) is 13.8 Å². The molecule has 0 saturated heterocycles. The zero-order chi connectivity index (χ0) is 23.6. The largest absolute Gasteiger partial charge is 0.256 e. The van der Waals surface area contributed by atoms with Gasteiger partial charge in [0.1, 0.15) is 0 Å². The minimum Gasteiger partial charge on any atom is -0.213 e. The van der Waals surface area contributed by atoms with Crippen molar-refractivity contribution in [2.24, 2.45) is 0 Å². The van der Waals surface area contributed by atoms with E-state index >= 15 is 0 Å². The van der Waals surface area contributed by atoms with Crippen molar-refractivity contribution in [3.63, 3.8) is 0 Å². The quantitative estimate of drug-likeness (QED) is 0.215. The molecule has 0 aromatic heterocycles. The molecular formula is C18H38O8S4. The fourth-order valence-corrected chi connectivity index (χ4v) is 12.1. The first kappa shape index (κ1) is 29.8. The van der Waals surface area contributed by atoms with Gasteiger partial charge in [-0.1, -0.05) is 52.4 Å². The Hall–Kier alpha value is -0.200. The molecule has 0 aromatic rings. The second-order valence-corrected chi connectivity index (χ2v) is 20.2. The molecule has 0 amide bonds. The standard InChI is InChI=1S/C18H38O8S4/c1-5-17(3)29(23,24)27(19,20)15-13-11-9-7-8-10-12-14-16-28(21,22)30(25,26)18(4)6-2/h17-18H,5-16H2,1-4H3. The summed E-state index contributed by atoms with van der Waals surface area (Å²) in [6.07, 6.45) is 5.51. The summed E-state index contributed by atoms with van der Waals surface area (Å²) in [6, 6.07) is 0. The lowest BCUT2D eigenvalue weighted by Crippen LogP contribution is -2.28. The zero-order valence-electron chi connectivity index (χ0n) is 18.5. The van der Waals surface area contributed by atoms with Crippen LogP contribution in [0.25, 0.3) is 0 Å². The molecule has 0 bridgehead atoms. The second kappa shape index (κ2) is 12.7. The highest BCUT2D eigenvalue weighted by atomic mass is 33.2. The normalized spacial score (nSPS) is 15.7. The lowest BCUT2D eigenvalue weighted by molar-refractivity contribution is 0.561. The molecule has 0 rings (SSSR count). The van der Waals surface area contributed by atoms with E-state index in [-0.39, 0.29) is 24.3 Å². The maximum Gasteiger partial charge on any atom is 0.256 e. The summed E-state index contributed by atoms with van der Waals surface area (Å²) in [5.74, 6) is -0.718. The summed E-state index contributed by atoms with van der Waals surface area (Å²) in [5.41, 5.74) is 0. The number of rotatable bonds is 17. The molecule has 30 heavy (non-hydrogen) atoms. The highest BCUT2D eigenvalue weighted by Gasteiger charge is 2.34. The van der Waals surface area contributed by atoms with Gasteiger partial charge in [0, 0.05) is 0 Å². The zero-order valence-corrected chi connectivity index (χ0v) is 21.8. The Balaban J connectivity index is 4.08. The van der Waals surface area contributed by atoms with E-state index in [9.17, 15) is 33.7 Å². The molecule has 0 fully saturated rings. The molecule has 0 aliphatic rings. The summed E-state index contributed by atoms with van der Waals surface area (Å²) < 4.78 is 95.8. The van der Waals surface area contributed by atoms with Crippen LogP contribution in [-0.4, -0.2) is 55.7 Å². The van der Waals surface area contributed by atoms with Gasteiger partial charge in [-0.2, -0.15) is 0 Å². The summed E-state index contributed by atoms with van der Waals surface area (Å²) >= 11 is 0. The first-order valence-corrected chi connectivity index (χ1v) is 18.0. The van der Waals surface area contributed by atoms with Crippen LogP contribution in [0.5, 0.6) is 0 Å².